The van der Waals surface area contributed by atoms with Crippen LogP contribution in [0.2, 0.25) is 0 Å². The molecule has 2 unspecified atom stereocenters. The molecule has 0 radical (unpaired) electrons. The minimum absolute atomic E-state index is 0.580. The van der Waals surface area contributed by atoms with Crippen LogP contribution in [-0.4, -0.2) is 0 Å². The van der Waals surface area contributed by atoms with Gasteiger partial charge in [-0.15, -0.1) is 0 Å². The van der Waals surface area contributed by atoms with Crippen molar-refractivity contribution in [2.45, 2.75) is 87.5 Å². The van der Waals surface area contributed by atoms with Crippen LogP contribution in [0.3, 0.4) is 0 Å². The van der Waals surface area contributed by atoms with Gasteiger partial charge in [0.05, 0.1) is 12.1 Å². The van der Waals surface area contributed by atoms with Crippen LogP contribution in [-0.2, 0) is 0 Å². The fourth-order valence-electron chi connectivity index (χ4n) is 1.96. The van der Waals surface area contributed by atoms with E-state index in [0.29, 0.717) is 12.3 Å². The van der Waals surface area contributed by atoms with Crippen molar-refractivity contribution < 1.29 is 0 Å². The highest BCUT2D eigenvalue weighted by Crippen LogP contribution is 2.20. The molecular weight excluding hydrogens is 292 g/mol. The molecule has 136 valence electrons. The molecule has 2 heteroatoms. The molecule has 0 spiro atoms. The zero-order valence-corrected chi connectivity index (χ0v) is 17.2. The number of allylic oxidation sites excluding steroid dienone is 4. The molecule has 0 aliphatic heterocycles. The summed E-state index contributed by atoms with van der Waals surface area (Å²) >= 11 is 0. The number of hydrogen-bond acceptors (Lipinski definition) is 2. The van der Waals surface area contributed by atoms with Gasteiger partial charge in [-0.1, -0.05) is 50.8 Å². The van der Waals surface area contributed by atoms with E-state index in [-0.39, 0.29) is 0 Å². The summed E-state index contributed by atoms with van der Waals surface area (Å²) in [5.74, 6) is 2.15. The van der Waals surface area contributed by atoms with Gasteiger partial charge in [-0.05, 0) is 64.7 Å². The normalized spacial score (nSPS) is 13.2. The van der Waals surface area contributed by atoms with Gasteiger partial charge in [0.1, 0.15) is 0 Å². The van der Waals surface area contributed by atoms with Crippen molar-refractivity contribution in [2.24, 2.45) is 17.8 Å². The molecule has 0 aliphatic rings. The maximum absolute atomic E-state index is 8.46. The van der Waals surface area contributed by atoms with Gasteiger partial charge >= 0.3 is 0 Å². The van der Waals surface area contributed by atoms with E-state index in [1.165, 1.54) is 24.0 Å². The fraction of sp³-hybridized carbons (Fsp3) is 0.727. The monoisotopic (exact) mass is 330 g/mol. The van der Waals surface area contributed by atoms with Gasteiger partial charge in [0.2, 0.25) is 0 Å². The smallest absolute Gasteiger partial charge is 0.0911 e. The molecule has 0 rings (SSSR count). The summed E-state index contributed by atoms with van der Waals surface area (Å²) in [6.07, 6.45) is 6.88. The summed E-state index contributed by atoms with van der Waals surface area (Å²) in [5, 5.41) is 16.8. The second kappa shape index (κ2) is 15.0. The minimum Gasteiger partial charge on any atom is -0.198 e. The molecule has 0 N–H and O–H groups in total. The first-order valence-electron chi connectivity index (χ1n) is 9.20. The summed E-state index contributed by atoms with van der Waals surface area (Å²) in [6.45, 7) is 17.4. The van der Waals surface area contributed by atoms with Crippen LogP contribution in [0.15, 0.2) is 22.8 Å². The lowest BCUT2D eigenvalue weighted by atomic mass is 9.89. The van der Waals surface area contributed by atoms with Gasteiger partial charge in [0.15, 0.2) is 0 Å². The van der Waals surface area contributed by atoms with Crippen molar-refractivity contribution >= 4 is 0 Å². The molecule has 0 saturated heterocycles. The highest BCUT2D eigenvalue weighted by molar-refractivity contribution is 5.14. The second-order valence-electron chi connectivity index (χ2n) is 7.67. The zero-order valence-electron chi connectivity index (χ0n) is 17.2. The van der Waals surface area contributed by atoms with Gasteiger partial charge in [-0.25, -0.2) is 0 Å². The lowest BCUT2D eigenvalue weighted by Crippen LogP contribution is -2.06. The van der Waals surface area contributed by atoms with E-state index in [1.54, 1.807) is 6.08 Å². The minimum atomic E-state index is 0.580. The molecule has 0 saturated carbocycles. The van der Waals surface area contributed by atoms with E-state index in [0.717, 1.165) is 30.3 Å². The molecule has 0 aromatic rings. The van der Waals surface area contributed by atoms with Gasteiger partial charge in [-0.2, -0.15) is 10.5 Å². The Balaban J connectivity index is 0. The largest absolute Gasteiger partial charge is 0.198 e. The Hall–Kier alpha value is -1.54. The van der Waals surface area contributed by atoms with E-state index in [9.17, 15) is 0 Å². The standard InChI is InChI=1S/C11H21N.C11H17N/c2*1-9(2)11(4)6-5-10(3)7-8-12/h9-11H,5-7H2,1-4H3;7H,5-6H2,1-4H3. The van der Waals surface area contributed by atoms with Crippen molar-refractivity contribution in [1.82, 2.24) is 0 Å². The highest BCUT2D eigenvalue weighted by atomic mass is 14.2. The van der Waals surface area contributed by atoms with Crippen molar-refractivity contribution in [3.8, 4) is 12.1 Å². The molecular formula is C22H38N2. The average Bonchev–Trinajstić information content (AvgIpc) is 2.51. The van der Waals surface area contributed by atoms with E-state index in [1.807, 2.05) is 13.0 Å². The first-order valence-corrected chi connectivity index (χ1v) is 9.20. The summed E-state index contributed by atoms with van der Waals surface area (Å²) < 4.78 is 0. The molecule has 0 fully saturated rings. The van der Waals surface area contributed by atoms with Gasteiger partial charge in [0.25, 0.3) is 0 Å². The van der Waals surface area contributed by atoms with Gasteiger partial charge in [0, 0.05) is 12.5 Å². The summed E-state index contributed by atoms with van der Waals surface area (Å²) in [5.41, 5.74) is 3.98. The van der Waals surface area contributed by atoms with Crippen molar-refractivity contribution in [1.29, 1.82) is 10.5 Å². The molecule has 24 heavy (non-hydrogen) atoms. The molecule has 0 amide bonds. The van der Waals surface area contributed by atoms with Crippen molar-refractivity contribution in [3.05, 3.63) is 22.8 Å². The molecule has 0 bridgehead atoms. The number of rotatable bonds is 8. The quantitative estimate of drug-likeness (QED) is 0.349. The Bertz CT molecular complexity index is 465. The lowest BCUT2D eigenvalue weighted by Gasteiger charge is -2.16. The van der Waals surface area contributed by atoms with E-state index in [4.69, 9.17) is 10.5 Å². The summed E-state index contributed by atoms with van der Waals surface area (Å²) in [7, 11) is 0. The van der Waals surface area contributed by atoms with Crippen LogP contribution in [0.5, 0.6) is 0 Å². The molecule has 0 heterocycles. The second-order valence-corrected chi connectivity index (χ2v) is 7.67. The first kappa shape index (κ1) is 24.7. The maximum Gasteiger partial charge on any atom is 0.0911 e. The number of hydrogen-bond donors (Lipinski definition) is 0. The first-order chi connectivity index (χ1) is 11.1. The lowest BCUT2D eigenvalue weighted by molar-refractivity contribution is 0.352. The van der Waals surface area contributed by atoms with Crippen molar-refractivity contribution in [2.75, 3.05) is 0 Å². The number of nitrogens with zero attached hydrogens (tertiary/aromatic N) is 2. The van der Waals surface area contributed by atoms with E-state index >= 15 is 0 Å². The third-order valence-corrected chi connectivity index (χ3v) is 4.75. The average molecular weight is 331 g/mol. The predicted molar refractivity (Wildman–Crippen MR) is 105 cm³/mol. The fourth-order valence-corrected chi connectivity index (χ4v) is 1.96. The zero-order chi connectivity index (χ0) is 19.1. The Morgan fingerprint density at radius 1 is 0.917 bits per heavy atom. The molecule has 2 nitrogen and oxygen atoms in total. The molecule has 0 aliphatic carbocycles. The third-order valence-electron chi connectivity index (χ3n) is 4.75. The van der Waals surface area contributed by atoms with Gasteiger partial charge in [-0.3, -0.25) is 0 Å². The summed E-state index contributed by atoms with van der Waals surface area (Å²) in [4.78, 5) is 0. The number of nitriles is 2. The van der Waals surface area contributed by atoms with E-state index < -0.39 is 0 Å². The topological polar surface area (TPSA) is 47.6 Å². The van der Waals surface area contributed by atoms with Crippen LogP contribution in [0.25, 0.3) is 0 Å². The van der Waals surface area contributed by atoms with Crippen molar-refractivity contribution in [3.63, 3.8) is 0 Å². The Morgan fingerprint density at radius 2 is 1.50 bits per heavy atom. The van der Waals surface area contributed by atoms with Gasteiger partial charge < -0.3 is 0 Å². The third kappa shape index (κ3) is 15.4. The SMILES string of the molecule is CC(=CC#N)CCC(C)=C(C)C.CC(CC#N)CCC(C)C(C)C. The van der Waals surface area contributed by atoms with Crippen LogP contribution in [0.4, 0.5) is 0 Å². The van der Waals surface area contributed by atoms with Crippen LogP contribution < -0.4 is 0 Å². The highest BCUT2D eigenvalue weighted by Gasteiger charge is 2.09. The summed E-state index contributed by atoms with van der Waals surface area (Å²) in [6, 6.07) is 4.26. The maximum atomic E-state index is 8.46. The molecule has 0 aromatic heterocycles. The Kier molecular flexibility index (Phi) is 15.5. The molecule has 2 atom stereocenters. The van der Waals surface area contributed by atoms with Crippen LogP contribution >= 0.6 is 0 Å². The van der Waals surface area contributed by atoms with Crippen LogP contribution in [0.1, 0.15) is 87.5 Å². The predicted octanol–water partition coefficient (Wildman–Crippen LogP) is 7.20. The Labute approximate surface area is 151 Å². The van der Waals surface area contributed by atoms with E-state index in [2.05, 4.69) is 54.5 Å². The van der Waals surface area contributed by atoms with Crippen LogP contribution in [0, 0.1) is 40.4 Å². The molecule has 0 aromatic carbocycles. The Morgan fingerprint density at radius 3 is 1.92 bits per heavy atom.